The van der Waals surface area contributed by atoms with Gasteiger partial charge in [-0.15, -0.1) is 0 Å². The highest BCUT2D eigenvalue weighted by atomic mass is 32.1. The van der Waals surface area contributed by atoms with Crippen LogP contribution in [0.25, 0.3) is 11.4 Å². The fraction of sp³-hybridized carbons (Fsp3) is 0.571. The SMILES string of the molecule is OCCCN(Cc1nc(-c2ccsc2)no1)C1CCC1. The van der Waals surface area contributed by atoms with Crippen molar-refractivity contribution in [2.24, 2.45) is 0 Å². The third-order valence-electron chi connectivity index (χ3n) is 3.78. The number of aliphatic hydroxyl groups excluding tert-OH is 1. The first-order chi connectivity index (χ1) is 9.86. The summed E-state index contributed by atoms with van der Waals surface area (Å²) in [4.78, 5) is 6.82. The first-order valence-corrected chi connectivity index (χ1v) is 8.01. The van der Waals surface area contributed by atoms with Crippen LogP contribution >= 0.6 is 11.3 Å². The van der Waals surface area contributed by atoms with Crippen molar-refractivity contribution in [2.75, 3.05) is 13.2 Å². The van der Waals surface area contributed by atoms with E-state index in [-0.39, 0.29) is 6.61 Å². The average molecular weight is 293 g/mol. The molecule has 1 aliphatic rings. The number of thiophene rings is 1. The van der Waals surface area contributed by atoms with E-state index in [1.807, 2.05) is 16.8 Å². The molecule has 0 saturated heterocycles. The zero-order chi connectivity index (χ0) is 13.8. The van der Waals surface area contributed by atoms with Crippen molar-refractivity contribution in [1.29, 1.82) is 0 Å². The largest absolute Gasteiger partial charge is 0.396 e. The molecule has 0 atom stereocenters. The van der Waals surface area contributed by atoms with Gasteiger partial charge in [0.2, 0.25) is 11.7 Å². The molecule has 108 valence electrons. The molecule has 0 unspecified atom stereocenters. The van der Waals surface area contributed by atoms with Gasteiger partial charge >= 0.3 is 0 Å². The number of aliphatic hydroxyl groups is 1. The molecule has 0 aliphatic heterocycles. The summed E-state index contributed by atoms with van der Waals surface area (Å²) in [6.45, 7) is 1.80. The van der Waals surface area contributed by atoms with Crippen LogP contribution in [0.15, 0.2) is 21.3 Å². The number of nitrogens with zero attached hydrogens (tertiary/aromatic N) is 3. The van der Waals surface area contributed by atoms with Gasteiger partial charge < -0.3 is 9.63 Å². The standard InChI is InChI=1S/C14H19N3O2S/c18-7-2-6-17(12-3-1-4-12)9-13-15-14(16-19-13)11-5-8-20-10-11/h5,8,10,12,18H,1-4,6-7,9H2. The van der Waals surface area contributed by atoms with Crippen molar-refractivity contribution in [1.82, 2.24) is 15.0 Å². The van der Waals surface area contributed by atoms with Crippen LogP contribution in [-0.4, -0.2) is 39.3 Å². The molecule has 1 saturated carbocycles. The molecule has 0 bridgehead atoms. The van der Waals surface area contributed by atoms with Crippen LogP contribution in [-0.2, 0) is 6.54 Å². The van der Waals surface area contributed by atoms with Crippen molar-refractivity contribution >= 4 is 11.3 Å². The first kappa shape index (κ1) is 13.7. The Balaban J connectivity index is 1.65. The molecule has 0 radical (unpaired) electrons. The molecule has 1 N–H and O–H groups in total. The number of aromatic nitrogens is 2. The lowest BCUT2D eigenvalue weighted by molar-refractivity contribution is 0.0969. The molecule has 0 aromatic carbocycles. The minimum atomic E-state index is 0.229. The molecular weight excluding hydrogens is 274 g/mol. The van der Waals surface area contributed by atoms with Gasteiger partial charge in [0.15, 0.2) is 0 Å². The van der Waals surface area contributed by atoms with Gasteiger partial charge in [0.05, 0.1) is 6.54 Å². The predicted molar refractivity (Wildman–Crippen MR) is 77.4 cm³/mol. The maximum atomic E-state index is 9.01. The Morgan fingerprint density at radius 1 is 1.45 bits per heavy atom. The van der Waals surface area contributed by atoms with Gasteiger partial charge in [-0.3, -0.25) is 4.90 Å². The van der Waals surface area contributed by atoms with Crippen LogP contribution in [0.1, 0.15) is 31.6 Å². The highest BCUT2D eigenvalue weighted by molar-refractivity contribution is 7.08. The Kier molecular flexibility index (Phi) is 4.44. The topological polar surface area (TPSA) is 62.4 Å². The molecule has 3 rings (SSSR count). The lowest BCUT2D eigenvalue weighted by Gasteiger charge is -2.36. The van der Waals surface area contributed by atoms with Crippen molar-refractivity contribution < 1.29 is 9.63 Å². The van der Waals surface area contributed by atoms with Gasteiger partial charge in [-0.1, -0.05) is 11.6 Å². The smallest absolute Gasteiger partial charge is 0.241 e. The second kappa shape index (κ2) is 6.47. The van der Waals surface area contributed by atoms with Gasteiger partial charge in [-0.2, -0.15) is 16.3 Å². The monoisotopic (exact) mass is 293 g/mol. The molecule has 1 fully saturated rings. The Labute approximate surface area is 122 Å². The van der Waals surface area contributed by atoms with E-state index in [1.165, 1.54) is 19.3 Å². The van der Waals surface area contributed by atoms with Gasteiger partial charge in [0, 0.05) is 30.1 Å². The second-order valence-corrected chi connectivity index (χ2v) is 5.94. The molecule has 5 nitrogen and oxygen atoms in total. The molecule has 2 heterocycles. The van der Waals surface area contributed by atoms with Crippen LogP contribution in [0.4, 0.5) is 0 Å². The quantitative estimate of drug-likeness (QED) is 0.850. The molecule has 1 aliphatic carbocycles. The molecular formula is C14H19N3O2S. The molecule has 0 spiro atoms. The van der Waals surface area contributed by atoms with E-state index in [2.05, 4.69) is 15.0 Å². The summed E-state index contributed by atoms with van der Waals surface area (Å²) in [6, 6.07) is 2.60. The molecule has 0 amide bonds. The van der Waals surface area contributed by atoms with Crippen molar-refractivity contribution in [3.8, 4) is 11.4 Å². The maximum absolute atomic E-state index is 9.01. The normalized spacial score (nSPS) is 15.7. The summed E-state index contributed by atoms with van der Waals surface area (Å²) >= 11 is 1.63. The summed E-state index contributed by atoms with van der Waals surface area (Å²) in [5.74, 6) is 1.33. The lowest BCUT2D eigenvalue weighted by Crippen LogP contribution is -2.40. The highest BCUT2D eigenvalue weighted by Gasteiger charge is 2.26. The highest BCUT2D eigenvalue weighted by Crippen LogP contribution is 2.26. The lowest BCUT2D eigenvalue weighted by atomic mass is 9.91. The van der Waals surface area contributed by atoms with E-state index in [1.54, 1.807) is 11.3 Å². The minimum absolute atomic E-state index is 0.229. The van der Waals surface area contributed by atoms with E-state index in [0.29, 0.717) is 24.3 Å². The minimum Gasteiger partial charge on any atom is -0.396 e. The maximum Gasteiger partial charge on any atom is 0.241 e. The van der Waals surface area contributed by atoms with E-state index in [4.69, 9.17) is 9.63 Å². The zero-order valence-corrected chi connectivity index (χ0v) is 12.2. The summed E-state index contributed by atoms with van der Waals surface area (Å²) in [6.07, 6.45) is 4.56. The van der Waals surface area contributed by atoms with Crippen LogP contribution in [0.3, 0.4) is 0 Å². The summed E-state index contributed by atoms with van der Waals surface area (Å²) in [5.41, 5.74) is 1.01. The van der Waals surface area contributed by atoms with Crippen LogP contribution in [0.5, 0.6) is 0 Å². The van der Waals surface area contributed by atoms with E-state index >= 15 is 0 Å². The van der Waals surface area contributed by atoms with Gasteiger partial charge in [-0.25, -0.2) is 0 Å². The Morgan fingerprint density at radius 2 is 2.35 bits per heavy atom. The third-order valence-corrected chi connectivity index (χ3v) is 4.46. The fourth-order valence-electron chi connectivity index (χ4n) is 2.42. The van der Waals surface area contributed by atoms with Crippen molar-refractivity contribution in [3.05, 3.63) is 22.7 Å². The average Bonchev–Trinajstić information content (AvgIpc) is 3.04. The Morgan fingerprint density at radius 3 is 3.00 bits per heavy atom. The second-order valence-electron chi connectivity index (χ2n) is 5.16. The predicted octanol–water partition coefficient (Wildman–Crippen LogP) is 2.54. The number of hydrogen-bond donors (Lipinski definition) is 1. The van der Waals surface area contributed by atoms with Gasteiger partial charge in [0.1, 0.15) is 0 Å². The summed E-state index contributed by atoms with van der Waals surface area (Å²) < 4.78 is 5.36. The Bertz CT molecular complexity index is 522. The Hall–Kier alpha value is -1.24. The third kappa shape index (κ3) is 3.08. The van der Waals surface area contributed by atoms with E-state index in [0.717, 1.165) is 18.5 Å². The fourth-order valence-corrected chi connectivity index (χ4v) is 3.05. The van der Waals surface area contributed by atoms with Crippen LogP contribution in [0, 0.1) is 0 Å². The first-order valence-electron chi connectivity index (χ1n) is 7.07. The summed E-state index contributed by atoms with van der Waals surface area (Å²) in [5, 5.41) is 17.1. The molecule has 2 aromatic rings. The summed E-state index contributed by atoms with van der Waals surface area (Å²) in [7, 11) is 0. The van der Waals surface area contributed by atoms with E-state index in [9.17, 15) is 0 Å². The molecule has 6 heteroatoms. The van der Waals surface area contributed by atoms with Crippen molar-refractivity contribution in [3.63, 3.8) is 0 Å². The van der Waals surface area contributed by atoms with Crippen LogP contribution < -0.4 is 0 Å². The molecule has 20 heavy (non-hydrogen) atoms. The zero-order valence-electron chi connectivity index (χ0n) is 11.4. The van der Waals surface area contributed by atoms with E-state index < -0.39 is 0 Å². The van der Waals surface area contributed by atoms with Crippen molar-refractivity contribution in [2.45, 2.75) is 38.3 Å². The number of hydrogen-bond acceptors (Lipinski definition) is 6. The molecule has 2 aromatic heterocycles. The van der Waals surface area contributed by atoms with Crippen LogP contribution in [0.2, 0.25) is 0 Å². The number of rotatable bonds is 7. The van der Waals surface area contributed by atoms with Gasteiger partial charge in [-0.05, 0) is 30.7 Å². The van der Waals surface area contributed by atoms with Gasteiger partial charge in [0.25, 0.3) is 0 Å².